The van der Waals surface area contributed by atoms with Crippen LogP contribution in [-0.2, 0) is 0 Å². The van der Waals surface area contributed by atoms with Crippen molar-refractivity contribution in [3.63, 3.8) is 0 Å². The molecule has 1 aliphatic heterocycles. The van der Waals surface area contributed by atoms with Gasteiger partial charge in [0.15, 0.2) is 0 Å². The fraction of sp³-hybridized carbons (Fsp3) is 1.00. The molecule has 0 aromatic rings. The number of hydrogen-bond donors (Lipinski definition) is 0. The van der Waals surface area contributed by atoms with Crippen LogP contribution in [0.15, 0.2) is 0 Å². The summed E-state index contributed by atoms with van der Waals surface area (Å²) in [5.74, 6) is 0.616. The van der Waals surface area contributed by atoms with E-state index < -0.39 is 0 Å². The Morgan fingerprint density at radius 3 is 2.70 bits per heavy atom. The first-order valence-corrected chi connectivity index (χ1v) is 4.00. The van der Waals surface area contributed by atoms with E-state index in [2.05, 4.69) is 18.9 Å². The maximum Gasteiger partial charge on any atom is 0.0897 e. The third kappa shape index (κ3) is 1.69. The highest BCUT2D eigenvalue weighted by Gasteiger charge is 2.25. The molecule has 0 aromatic heterocycles. The van der Waals surface area contributed by atoms with Crippen molar-refractivity contribution in [3.8, 4) is 0 Å². The molecule has 1 fully saturated rings. The van der Waals surface area contributed by atoms with E-state index >= 15 is 0 Å². The van der Waals surface area contributed by atoms with E-state index in [1.54, 1.807) is 0 Å². The molecule has 1 nitrogen and oxygen atoms in total. The van der Waals surface area contributed by atoms with E-state index in [-0.39, 0.29) is 6.67 Å². The van der Waals surface area contributed by atoms with Gasteiger partial charge in [0.25, 0.3) is 0 Å². The van der Waals surface area contributed by atoms with Crippen LogP contribution in [0.5, 0.6) is 0 Å². The van der Waals surface area contributed by atoms with Crippen LogP contribution in [-0.4, -0.2) is 31.2 Å². The van der Waals surface area contributed by atoms with Gasteiger partial charge in [-0.1, -0.05) is 0 Å². The Morgan fingerprint density at radius 1 is 1.60 bits per heavy atom. The molecule has 0 saturated carbocycles. The number of likely N-dealkylation sites (tertiary alicyclic amines) is 1. The summed E-state index contributed by atoms with van der Waals surface area (Å²) in [7, 11) is 2.11. The molecule has 1 saturated heterocycles. The Hall–Kier alpha value is -0.110. The highest BCUT2D eigenvalue weighted by atomic mass is 19.1. The van der Waals surface area contributed by atoms with Gasteiger partial charge in [0.05, 0.1) is 6.67 Å². The van der Waals surface area contributed by atoms with Crippen LogP contribution in [0.1, 0.15) is 19.8 Å². The second kappa shape index (κ2) is 3.33. The summed E-state index contributed by atoms with van der Waals surface area (Å²) < 4.78 is 11.9. The summed E-state index contributed by atoms with van der Waals surface area (Å²) in [6, 6.07) is 0.663. The Bertz CT molecular complexity index is 95.4. The SMILES string of the molecule is CC1C[C@H](CCF)CN1C. The second-order valence-electron chi connectivity index (χ2n) is 3.37. The van der Waals surface area contributed by atoms with Gasteiger partial charge in [-0.3, -0.25) is 4.39 Å². The molecule has 1 aliphatic rings. The molecule has 0 radical (unpaired) electrons. The fourth-order valence-corrected chi connectivity index (χ4v) is 1.69. The zero-order chi connectivity index (χ0) is 7.56. The van der Waals surface area contributed by atoms with E-state index in [1.807, 2.05) is 0 Å². The Morgan fingerprint density at radius 2 is 2.30 bits per heavy atom. The van der Waals surface area contributed by atoms with Crippen LogP contribution in [0.25, 0.3) is 0 Å². The van der Waals surface area contributed by atoms with Crippen molar-refractivity contribution < 1.29 is 4.39 Å². The smallest absolute Gasteiger partial charge is 0.0897 e. The lowest BCUT2D eigenvalue weighted by atomic mass is 10.0. The van der Waals surface area contributed by atoms with Crippen molar-refractivity contribution in [2.45, 2.75) is 25.8 Å². The summed E-state index contributed by atoms with van der Waals surface area (Å²) in [5, 5.41) is 0. The third-order valence-corrected chi connectivity index (χ3v) is 2.49. The molecule has 2 atom stereocenters. The summed E-state index contributed by atoms with van der Waals surface area (Å²) in [4.78, 5) is 2.31. The molecule has 0 aromatic carbocycles. The highest BCUT2D eigenvalue weighted by molar-refractivity contribution is 4.79. The highest BCUT2D eigenvalue weighted by Crippen LogP contribution is 2.23. The molecule has 60 valence electrons. The molecule has 1 heterocycles. The predicted octanol–water partition coefficient (Wildman–Crippen LogP) is 1.69. The van der Waals surface area contributed by atoms with Crippen molar-refractivity contribution in [1.82, 2.24) is 4.90 Å². The van der Waals surface area contributed by atoms with Crippen LogP contribution < -0.4 is 0 Å². The summed E-state index contributed by atoms with van der Waals surface area (Å²) in [6.07, 6.45) is 1.94. The Balaban J connectivity index is 2.27. The first kappa shape index (κ1) is 7.99. The number of rotatable bonds is 2. The fourth-order valence-electron chi connectivity index (χ4n) is 1.69. The maximum atomic E-state index is 11.9. The van der Waals surface area contributed by atoms with Gasteiger partial charge < -0.3 is 4.90 Å². The summed E-state index contributed by atoms with van der Waals surface area (Å²) >= 11 is 0. The number of halogens is 1. The lowest BCUT2D eigenvalue weighted by molar-refractivity contribution is 0.319. The van der Waals surface area contributed by atoms with E-state index in [9.17, 15) is 4.39 Å². The van der Waals surface area contributed by atoms with Crippen LogP contribution in [0, 0.1) is 5.92 Å². The molecule has 0 aliphatic carbocycles. The van der Waals surface area contributed by atoms with E-state index in [0.29, 0.717) is 12.0 Å². The van der Waals surface area contributed by atoms with Gasteiger partial charge in [-0.25, -0.2) is 0 Å². The molecular weight excluding hydrogens is 129 g/mol. The van der Waals surface area contributed by atoms with Crippen molar-refractivity contribution >= 4 is 0 Å². The molecule has 2 heteroatoms. The minimum atomic E-state index is -0.148. The zero-order valence-electron chi connectivity index (χ0n) is 6.81. The lowest BCUT2D eigenvalue weighted by Gasteiger charge is -2.12. The molecule has 1 rings (SSSR count). The van der Waals surface area contributed by atoms with Gasteiger partial charge >= 0.3 is 0 Å². The van der Waals surface area contributed by atoms with Crippen molar-refractivity contribution in [3.05, 3.63) is 0 Å². The minimum absolute atomic E-state index is 0.148. The van der Waals surface area contributed by atoms with Crippen LogP contribution in [0.4, 0.5) is 4.39 Å². The van der Waals surface area contributed by atoms with Crippen molar-refractivity contribution in [2.24, 2.45) is 5.92 Å². The Labute approximate surface area is 62.2 Å². The number of alkyl halides is 1. The predicted molar refractivity (Wildman–Crippen MR) is 40.8 cm³/mol. The largest absolute Gasteiger partial charge is 0.303 e. The van der Waals surface area contributed by atoms with Crippen molar-refractivity contribution in [2.75, 3.05) is 20.3 Å². The molecular formula is C8H16FN. The van der Waals surface area contributed by atoms with Gasteiger partial charge in [0.1, 0.15) is 0 Å². The van der Waals surface area contributed by atoms with Gasteiger partial charge in [-0.2, -0.15) is 0 Å². The van der Waals surface area contributed by atoms with E-state index in [4.69, 9.17) is 0 Å². The average Bonchev–Trinajstić information content (AvgIpc) is 2.14. The molecule has 1 unspecified atom stereocenters. The molecule has 0 N–H and O–H groups in total. The lowest BCUT2D eigenvalue weighted by Crippen LogP contribution is -2.21. The first-order chi connectivity index (χ1) is 4.74. The van der Waals surface area contributed by atoms with Gasteiger partial charge in [0, 0.05) is 12.6 Å². The molecule has 0 spiro atoms. The monoisotopic (exact) mass is 145 g/mol. The molecule has 0 amide bonds. The first-order valence-electron chi connectivity index (χ1n) is 4.00. The topological polar surface area (TPSA) is 3.24 Å². The van der Waals surface area contributed by atoms with Gasteiger partial charge in [0.2, 0.25) is 0 Å². The van der Waals surface area contributed by atoms with E-state index in [1.165, 1.54) is 6.42 Å². The minimum Gasteiger partial charge on any atom is -0.303 e. The molecule has 10 heavy (non-hydrogen) atoms. The van der Waals surface area contributed by atoms with Gasteiger partial charge in [-0.05, 0) is 32.7 Å². The summed E-state index contributed by atoms with van der Waals surface area (Å²) in [5.41, 5.74) is 0. The zero-order valence-corrected chi connectivity index (χ0v) is 6.81. The standard InChI is InChI=1S/C8H16FN/c1-7-5-8(3-4-9)6-10(7)2/h7-8H,3-6H2,1-2H3/t7?,8-/m0/s1. The molecule has 0 bridgehead atoms. The second-order valence-corrected chi connectivity index (χ2v) is 3.37. The maximum absolute atomic E-state index is 11.9. The van der Waals surface area contributed by atoms with Crippen molar-refractivity contribution in [1.29, 1.82) is 0 Å². The van der Waals surface area contributed by atoms with Crippen LogP contribution in [0.2, 0.25) is 0 Å². The third-order valence-electron chi connectivity index (χ3n) is 2.49. The Kier molecular flexibility index (Phi) is 2.66. The normalized spacial score (nSPS) is 35.1. The van der Waals surface area contributed by atoms with E-state index in [0.717, 1.165) is 13.0 Å². The van der Waals surface area contributed by atoms with Gasteiger partial charge in [-0.15, -0.1) is 0 Å². The summed E-state index contributed by atoms with van der Waals surface area (Å²) in [6.45, 7) is 3.15. The average molecular weight is 145 g/mol. The number of hydrogen-bond acceptors (Lipinski definition) is 1. The number of nitrogens with zero attached hydrogens (tertiary/aromatic N) is 1. The van der Waals surface area contributed by atoms with Crippen LogP contribution >= 0.6 is 0 Å². The quantitative estimate of drug-likeness (QED) is 0.571. The van der Waals surface area contributed by atoms with Crippen LogP contribution in [0.3, 0.4) is 0 Å².